The normalized spacial score (nSPS) is 16.7. The molecule has 9 heteroatoms. The van der Waals surface area contributed by atoms with Crippen molar-refractivity contribution in [1.82, 2.24) is 4.90 Å². The third kappa shape index (κ3) is 4.91. The smallest absolute Gasteiger partial charge is 0.335 e. The molecule has 29 heavy (non-hydrogen) atoms. The Morgan fingerprint density at radius 1 is 1.24 bits per heavy atom. The van der Waals surface area contributed by atoms with Crippen molar-refractivity contribution >= 4 is 66.7 Å². The number of rotatable bonds is 5. The van der Waals surface area contributed by atoms with Gasteiger partial charge in [-0.2, -0.15) is 0 Å². The van der Waals surface area contributed by atoms with E-state index in [0.717, 1.165) is 20.1 Å². The second kappa shape index (κ2) is 9.15. The lowest BCUT2D eigenvalue weighted by atomic mass is 10.1. The van der Waals surface area contributed by atoms with E-state index in [2.05, 4.69) is 36.9 Å². The molecule has 0 bridgehead atoms. The quantitative estimate of drug-likeness (QED) is 0.540. The Labute approximate surface area is 188 Å². The maximum atomic E-state index is 12.3. The fraction of sp³-hybridized carbons (Fsp3) is 0.150. The van der Waals surface area contributed by atoms with Crippen LogP contribution in [0.15, 0.2) is 55.2 Å². The van der Waals surface area contributed by atoms with Crippen LogP contribution in [0, 0.1) is 0 Å². The number of carboxylic acid groups (broad SMARTS) is 1. The highest BCUT2D eigenvalue weighted by Crippen LogP contribution is 2.37. The summed E-state index contributed by atoms with van der Waals surface area (Å²) in [6, 6.07) is 10.3. The molecule has 1 amide bonds. The molecule has 0 aromatic heterocycles. The van der Waals surface area contributed by atoms with Gasteiger partial charge in [0.25, 0.3) is 5.91 Å². The monoisotopic (exact) mass is 538 g/mol. The summed E-state index contributed by atoms with van der Waals surface area (Å²) in [5, 5.41) is 9.62. The van der Waals surface area contributed by atoms with Gasteiger partial charge in [0.05, 0.1) is 19.4 Å². The number of amides is 1. The van der Waals surface area contributed by atoms with E-state index in [1.54, 1.807) is 38.4 Å². The molecule has 0 spiro atoms. The molecule has 1 aliphatic rings. The van der Waals surface area contributed by atoms with Gasteiger partial charge in [0.2, 0.25) is 0 Å². The highest BCUT2D eigenvalue weighted by molar-refractivity contribution is 9.11. The Morgan fingerprint density at radius 3 is 2.38 bits per heavy atom. The van der Waals surface area contributed by atoms with Gasteiger partial charge in [-0.15, -0.1) is 0 Å². The van der Waals surface area contributed by atoms with Crippen molar-refractivity contribution in [2.24, 2.45) is 4.99 Å². The van der Waals surface area contributed by atoms with Crippen LogP contribution in [0.4, 0.5) is 0 Å². The van der Waals surface area contributed by atoms with Crippen LogP contribution >= 0.6 is 43.6 Å². The molecule has 0 unspecified atom stereocenters. The summed E-state index contributed by atoms with van der Waals surface area (Å²) in [5.41, 5.74) is 1.92. The van der Waals surface area contributed by atoms with E-state index in [9.17, 15) is 9.59 Å². The van der Waals surface area contributed by atoms with Crippen LogP contribution in [0.1, 0.15) is 21.5 Å². The number of amidine groups is 1. The van der Waals surface area contributed by atoms with Gasteiger partial charge in [-0.1, -0.05) is 12.1 Å². The van der Waals surface area contributed by atoms with Crippen molar-refractivity contribution in [2.45, 2.75) is 6.61 Å². The first-order valence-electron chi connectivity index (χ1n) is 8.38. The Hall–Kier alpha value is -2.10. The Morgan fingerprint density at radius 2 is 1.86 bits per heavy atom. The Kier molecular flexibility index (Phi) is 6.81. The molecular formula is C20H16Br2N2O4S. The van der Waals surface area contributed by atoms with Crippen molar-refractivity contribution < 1.29 is 19.4 Å². The zero-order valence-corrected chi connectivity index (χ0v) is 19.5. The molecule has 1 fully saturated rings. The number of nitrogens with zero attached hydrogens (tertiary/aromatic N) is 2. The molecule has 3 rings (SSSR count). The van der Waals surface area contributed by atoms with E-state index in [1.807, 2.05) is 18.2 Å². The number of benzene rings is 2. The van der Waals surface area contributed by atoms with Gasteiger partial charge in [-0.3, -0.25) is 14.7 Å². The van der Waals surface area contributed by atoms with E-state index in [0.29, 0.717) is 15.8 Å². The van der Waals surface area contributed by atoms with E-state index in [1.165, 1.54) is 16.7 Å². The highest BCUT2D eigenvalue weighted by atomic mass is 79.9. The number of thioether (sulfide) groups is 1. The summed E-state index contributed by atoms with van der Waals surface area (Å²) in [6.07, 6.45) is 1.81. The minimum Gasteiger partial charge on any atom is -0.487 e. The Balaban J connectivity index is 1.77. The van der Waals surface area contributed by atoms with E-state index >= 15 is 0 Å². The number of ether oxygens (including phenoxy) is 1. The molecular weight excluding hydrogens is 524 g/mol. The first kappa shape index (κ1) is 21.6. The second-order valence-corrected chi connectivity index (χ2v) is 8.80. The first-order chi connectivity index (χ1) is 13.8. The molecule has 0 radical (unpaired) electrons. The summed E-state index contributed by atoms with van der Waals surface area (Å²) >= 11 is 8.36. The van der Waals surface area contributed by atoms with Crippen LogP contribution in [0.5, 0.6) is 5.75 Å². The van der Waals surface area contributed by atoms with Crippen molar-refractivity contribution in [3.63, 3.8) is 0 Å². The number of carboxylic acids is 1. The molecule has 150 valence electrons. The maximum absolute atomic E-state index is 12.3. The number of hydrogen-bond donors (Lipinski definition) is 1. The second-order valence-electron chi connectivity index (χ2n) is 6.09. The summed E-state index contributed by atoms with van der Waals surface area (Å²) in [5.74, 6) is -0.434. The van der Waals surface area contributed by atoms with Gasteiger partial charge in [-0.05, 0) is 85.1 Å². The van der Waals surface area contributed by atoms with E-state index in [4.69, 9.17) is 9.84 Å². The topological polar surface area (TPSA) is 79.2 Å². The number of aliphatic imine (C=N–C) groups is 1. The average Bonchev–Trinajstić information content (AvgIpc) is 2.95. The van der Waals surface area contributed by atoms with Crippen LogP contribution in [0.2, 0.25) is 0 Å². The molecule has 1 heterocycles. The van der Waals surface area contributed by atoms with Gasteiger partial charge >= 0.3 is 5.97 Å². The molecule has 2 aromatic carbocycles. The number of halogens is 2. The lowest BCUT2D eigenvalue weighted by Gasteiger charge is -2.12. The molecule has 0 saturated carbocycles. The maximum Gasteiger partial charge on any atom is 0.335 e. The number of aromatic carboxylic acids is 1. The minimum absolute atomic E-state index is 0.0898. The molecule has 6 nitrogen and oxygen atoms in total. The van der Waals surface area contributed by atoms with Crippen LogP contribution in [0.3, 0.4) is 0 Å². The summed E-state index contributed by atoms with van der Waals surface area (Å²) in [4.78, 5) is 29.5. The fourth-order valence-electron chi connectivity index (χ4n) is 2.60. The summed E-state index contributed by atoms with van der Waals surface area (Å²) < 4.78 is 7.35. The zero-order chi connectivity index (χ0) is 21.1. The minimum atomic E-state index is -0.963. The van der Waals surface area contributed by atoms with Gasteiger partial charge < -0.3 is 9.84 Å². The summed E-state index contributed by atoms with van der Waals surface area (Å²) in [7, 11) is 3.36. The SMILES string of the molecule is CN=C1S/C(=C\c2cc(Br)c(OCc3ccc(C(=O)O)cc3)c(Br)c2)C(=O)N1C. The highest BCUT2D eigenvalue weighted by Gasteiger charge is 2.29. The number of carbonyl (C=O) groups excluding carboxylic acids is 1. The van der Waals surface area contributed by atoms with Gasteiger partial charge in [0.1, 0.15) is 12.4 Å². The average molecular weight is 540 g/mol. The fourth-order valence-corrected chi connectivity index (χ4v) is 4.98. The van der Waals surface area contributed by atoms with E-state index < -0.39 is 5.97 Å². The number of likely N-dealkylation sites (N-methyl/N-ethyl adjacent to an activating group) is 1. The molecule has 0 aliphatic carbocycles. The standard InChI is InChI=1S/C20H16Br2N2O4S/c1-23-20-24(2)18(25)16(29-20)9-12-7-14(21)17(15(22)8-12)28-10-11-3-5-13(6-4-11)19(26)27/h3-9H,10H2,1-2H3,(H,26,27)/b16-9-,23-20?. The van der Waals surface area contributed by atoms with Crippen LogP contribution in [0.25, 0.3) is 6.08 Å². The van der Waals surface area contributed by atoms with Gasteiger partial charge in [0, 0.05) is 14.1 Å². The molecule has 1 N–H and O–H groups in total. The lowest BCUT2D eigenvalue weighted by Crippen LogP contribution is -2.23. The lowest BCUT2D eigenvalue weighted by molar-refractivity contribution is -0.121. The predicted molar refractivity (Wildman–Crippen MR) is 121 cm³/mol. The van der Waals surface area contributed by atoms with Crippen molar-refractivity contribution in [2.75, 3.05) is 14.1 Å². The van der Waals surface area contributed by atoms with Crippen molar-refractivity contribution in [3.05, 3.63) is 66.9 Å². The molecule has 0 atom stereocenters. The number of carbonyl (C=O) groups is 2. The van der Waals surface area contributed by atoms with Gasteiger partial charge in [0.15, 0.2) is 5.17 Å². The third-order valence-corrected chi connectivity index (χ3v) is 6.43. The molecule has 1 saturated heterocycles. The Bertz CT molecular complexity index is 1010. The van der Waals surface area contributed by atoms with Crippen LogP contribution in [-0.4, -0.2) is 41.1 Å². The summed E-state index contributed by atoms with van der Waals surface area (Å²) in [6.45, 7) is 0.285. The van der Waals surface area contributed by atoms with Crippen molar-refractivity contribution in [1.29, 1.82) is 0 Å². The first-order valence-corrected chi connectivity index (χ1v) is 10.8. The molecule has 2 aromatic rings. The largest absolute Gasteiger partial charge is 0.487 e. The van der Waals surface area contributed by atoms with Crippen LogP contribution in [-0.2, 0) is 11.4 Å². The van der Waals surface area contributed by atoms with Crippen molar-refractivity contribution in [3.8, 4) is 5.75 Å². The van der Waals surface area contributed by atoms with E-state index in [-0.39, 0.29) is 18.1 Å². The molecule has 1 aliphatic heterocycles. The predicted octanol–water partition coefficient (Wildman–Crippen LogP) is 5.02. The third-order valence-electron chi connectivity index (χ3n) is 4.10. The number of hydrogen-bond acceptors (Lipinski definition) is 5. The van der Waals surface area contributed by atoms with Gasteiger partial charge in [-0.25, -0.2) is 4.79 Å². The zero-order valence-electron chi connectivity index (χ0n) is 15.5. The van der Waals surface area contributed by atoms with Crippen LogP contribution < -0.4 is 4.74 Å².